The minimum Gasteiger partial charge on any atom is -0.458 e. The van der Waals surface area contributed by atoms with Crippen LogP contribution in [0.2, 0.25) is 0 Å². The molecule has 12 saturated carbocycles. The van der Waals surface area contributed by atoms with Gasteiger partial charge in [-0.2, -0.15) is 21.0 Å². The fourth-order valence-electron chi connectivity index (χ4n) is 22.2. The van der Waals surface area contributed by atoms with Crippen LogP contribution in [0, 0.1) is 176 Å². The molecule has 0 aromatic rings. The SMILES string of the molecule is C=C(C)C(=O)OCC(=O)OC1C2CC3C1OC(=O)C3C2C#N.C=C(C)C(=O)OCC(=O)OC1C2OC(=O)C3CC1(C#N)CC32.C=CC(=O)OCC(=O)OC1C2CC3C1OC(=O)C3C2C#N.C=CC(=O)OCC(=O)OC1C2OC(=O)C3CC1(C#N)CC32.[C-]#[N+]C12OC(=O)C3CC(CC31)C2OC(=O)COC(=O)C(=C)C.[C-]#[N+]C12OC(=O)C3CC(CC31)C2OC(=O)COC(=O)C=C. The van der Waals surface area contributed by atoms with Crippen LogP contribution in [-0.4, -0.2) is 220 Å². The van der Waals surface area contributed by atoms with Crippen molar-refractivity contribution in [2.24, 2.45) is 117 Å². The zero-order valence-electron chi connectivity index (χ0n) is 69.3. The normalized spacial score (nSPS) is 37.9. The Kier molecular flexibility index (Phi) is 26.0. The lowest BCUT2D eigenvalue weighted by Crippen LogP contribution is -2.46. The molecule has 32 atom stereocenters. The van der Waals surface area contributed by atoms with Crippen molar-refractivity contribution in [3.8, 4) is 24.3 Å². The highest BCUT2D eigenvalue weighted by atomic mass is 16.7. The van der Waals surface area contributed by atoms with E-state index in [0.717, 1.165) is 18.2 Å². The number of hydrogen-bond donors (Lipinski definition) is 0. The predicted octanol–water partition coefficient (Wildman–Crippen LogP) is 2.20. The number of nitrogens with zero attached hydrogens (tertiary/aromatic N) is 6. The van der Waals surface area contributed by atoms with Crippen molar-refractivity contribution in [1.29, 1.82) is 21.0 Å². The average Bonchev–Trinajstić information content (AvgIpc) is 1.53. The van der Waals surface area contributed by atoms with E-state index in [1.807, 2.05) is 0 Å². The van der Waals surface area contributed by atoms with Gasteiger partial charge in [0.2, 0.25) is 12.2 Å². The van der Waals surface area contributed by atoms with Gasteiger partial charge in [0.1, 0.15) is 36.6 Å². The molecule has 42 nitrogen and oxygen atoms in total. The third-order valence-corrected chi connectivity index (χ3v) is 27.4. The summed E-state index contributed by atoms with van der Waals surface area (Å²) >= 11 is 0. The molecule has 129 heavy (non-hydrogen) atoms. The Morgan fingerprint density at radius 3 is 0.984 bits per heavy atom. The van der Waals surface area contributed by atoms with E-state index in [1.54, 1.807) is 0 Å². The standard InChI is InChI=1S/3C15H15NO6.3C14H13NO6/c1-7(2)13(18)20-6-11(17)21-12-8-4-9-10(5-8)15(12,16-3)22-14(9)19;1-7(2)13(18)20-5-10(17)21-12-11-8-3-15(12,6-16)4-9(8)14(19)22-11;1-6(2)14(18)20-5-10(17)21-12-7-3-8-11(9(7)4-16)15(19)22-13(8)12;1-3-10(16)19-6-11(17)20-12-7-4-8-9(5-7)14(12,15-2)21-13(8)18;1-2-9(16)19-5-10(17)20-12-11-7-3-14(12,6-15)4-8(7)13(18)21-11;1-2-9(16)19-5-10(17)20-12-6-3-7-11(8(6)4-15)14(18)21-13(7)12/h8-10,12H,1,4-6H2,2H3;8-9,11-12H,1,3-5H2,2H3;7-9,11-13H,1,3,5H2,2H3;3,7-9,12H,1,4-6H2;2,7-8,11-12H,1,3-5H2;2,6-8,11-13H,1,3,5H2. The van der Waals surface area contributed by atoms with Crippen LogP contribution >= 0.6 is 0 Å². The smallest absolute Gasteiger partial charge is 0.418 e. The Morgan fingerprint density at radius 2 is 0.690 bits per heavy atom. The highest BCUT2D eigenvalue weighted by Gasteiger charge is 2.81. The summed E-state index contributed by atoms with van der Waals surface area (Å²) in [5.41, 5.74) is -3.98. The summed E-state index contributed by atoms with van der Waals surface area (Å²) in [5.74, 6) is -14.8. The highest BCUT2D eigenvalue weighted by molar-refractivity contribution is 5.91. The van der Waals surface area contributed by atoms with Crippen LogP contribution in [0.3, 0.4) is 0 Å². The first kappa shape index (κ1) is 92.5. The molecule has 12 bridgehead atoms. The van der Waals surface area contributed by atoms with Crippen molar-refractivity contribution in [3.63, 3.8) is 0 Å². The molecule has 0 radical (unpaired) electrons. The molecule has 0 aromatic carbocycles. The van der Waals surface area contributed by atoms with Gasteiger partial charge in [-0.25, -0.2) is 70.7 Å². The molecule has 18 aliphatic rings. The first-order valence-corrected chi connectivity index (χ1v) is 41.0. The number of esters is 18. The highest BCUT2D eigenvalue weighted by Crippen LogP contribution is 2.67. The molecule has 0 aromatic heterocycles. The number of rotatable bonds is 24. The lowest BCUT2D eigenvalue weighted by atomic mass is 9.79. The number of nitriles is 4. The van der Waals surface area contributed by atoms with Gasteiger partial charge in [-0.05, 0) is 85.0 Å². The maximum Gasteiger partial charge on any atom is 0.418 e. The number of carbonyl (C=O) groups is 18. The van der Waals surface area contributed by atoms with E-state index in [0.29, 0.717) is 64.2 Å². The van der Waals surface area contributed by atoms with E-state index in [9.17, 15) is 107 Å². The topological polar surface area (TPSA) is 577 Å². The minimum atomic E-state index is -1.39. The van der Waals surface area contributed by atoms with Crippen molar-refractivity contribution in [3.05, 3.63) is 97.3 Å². The lowest BCUT2D eigenvalue weighted by Gasteiger charge is -2.30. The molecule has 32 unspecified atom stereocenters. The van der Waals surface area contributed by atoms with Gasteiger partial charge in [0.25, 0.3) is 0 Å². The summed E-state index contributed by atoms with van der Waals surface area (Å²) in [5, 5.41) is 37.3. The fraction of sp³-hybridized carbons (Fsp3) is 0.586. The summed E-state index contributed by atoms with van der Waals surface area (Å²) in [6.07, 6.45) is 1.76. The summed E-state index contributed by atoms with van der Waals surface area (Å²) in [6, 6.07) is 8.64. The molecule has 42 heteroatoms. The van der Waals surface area contributed by atoms with Gasteiger partial charge in [0.15, 0.2) is 51.8 Å². The Bertz CT molecular complexity index is 5100. The van der Waals surface area contributed by atoms with E-state index < -0.39 is 218 Å². The maximum absolute atomic E-state index is 11.8. The van der Waals surface area contributed by atoms with Crippen LogP contribution in [0.4, 0.5) is 0 Å². The van der Waals surface area contributed by atoms with E-state index in [4.69, 9.17) is 84.2 Å². The summed E-state index contributed by atoms with van der Waals surface area (Å²) in [4.78, 5) is 215. The number of fused-ring (bicyclic) bond motifs is 6. The monoisotopic (exact) mass is 1790 g/mol. The second kappa shape index (κ2) is 36.3. The third-order valence-electron chi connectivity index (χ3n) is 27.4. The quantitative estimate of drug-likeness (QED) is 0.0578. The number of ether oxygens (including phenoxy) is 18. The minimum absolute atomic E-state index is 0.0549. The lowest BCUT2D eigenvalue weighted by molar-refractivity contribution is -0.175. The van der Waals surface area contributed by atoms with Gasteiger partial charge in [0.05, 0.1) is 94.3 Å². The second-order valence-electron chi connectivity index (χ2n) is 34.5. The van der Waals surface area contributed by atoms with Crippen LogP contribution in [0.25, 0.3) is 9.69 Å². The zero-order valence-corrected chi connectivity index (χ0v) is 69.3. The van der Waals surface area contributed by atoms with Crippen LogP contribution in [0.15, 0.2) is 74.4 Å². The zero-order chi connectivity index (χ0) is 93.7. The molecule has 6 heterocycles. The number of carbonyl (C=O) groups excluding carboxylic acids is 18. The van der Waals surface area contributed by atoms with Gasteiger partial charge in [-0.15, -0.1) is 0 Å². The third kappa shape index (κ3) is 16.7. The molecule has 0 amide bonds. The van der Waals surface area contributed by atoms with E-state index in [-0.39, 0.29) is 135 Å². The Hall–Kier alpha value is -14.2. The van der Waals surface area contributed by atoms with Gasteiger partial charge in [-0.3, -0.25) is 38.5 Å². The van der Waals surface area contributed by atoms with Crippen LogP contribution < -0.4 is 0 Å². The molecule has 678 valence electrons. The maximum atomic E-state index is 11.8. The van der Waals surface area contributed by atoms with Crippen LogP contribution in [0.1, 0.15) is 85.0 Å². The van der Waals surface area contributed by atoms with E-state index in [1.165, 1.54) is 20.8 Å². The van der Waals surface area contributed by atoms with Gasteiger partial charge < -0.3 is 85.3 Å². The van der Waals surface area contributed by atoms with Crippen LogP contribution in [-0.2, 0) is 172 Å². The van der Waals surface area contributed by atoms with Gasteiger partial charge >= 0.3 is 119 Å². The van der Waals surface area contributed by atoms with Crippen molar-refractivity contribution in [2.75, 3.05) is 39.6 Å². The second-order valence-corrected chi connectivity index (χ2v) is 34.5. The first-order valence-electron chi connectivity index (χ1n) is 41.0. The fourth-order valence-corrected chi connectivity index (χ4v) is 22.2. The molecule has 18 rings (SSSR count). The molecule has 0 N–H and O–H groups in total. The largest absolute Gasteiger partial charge is 0.458 e. The molecular formula is C87H84N6O36. The number of hydrogen-bond acceptors (Lipinski definition) is 40. The van der Waals surface area contributed by atoms with Crippen LogP contribution in [0.5, 0.6) is 0 Å². The summed E-state index contributed by atoms with van der Waals surface area (Å²) in [7, 11) is 0. The predicted molar refractivity (Wildman–Crippen MR) is 407 cm³/mol. The molecule has 6 aliphatic heterocycles. The Morgan fingerprint density at radius 1 is 0.388 bits per heavy atom. The molecule has 0 spiro atoms. The van der Waals surface area contributed by atoms with Crippen molar-refractivity contribution in [1.82, 2.24) is 0 Å². The summed E-state index contributed by atoms with van der Waals surface area (Å²) < 4.78 is 91.2. The first-order chi connectivity index (χ1) is 61.3. The van der Waals surface area contributed by atoms with Crippen molar-refractivity contribution < 1.29 is 172 Å². The molecule has 6 saturated heterocycles. The van der Waals surface area contributed by atoms with E-state index >= 15 is 0 Å². The molecule has 18 fully saturated rings. The van der Waals surface area contributed by atoms with E-state index in [2.05, 4.69) is 87.7 Å². The van der Waals surface area contributed by atoms with Gasteiger partial charge in [0, 0.05) is 82.3 Å². The van der Waals surface area contributed by atoms with Crippen molar-refractivity contribution >= 4 is 107 Å². The average molecular weight is 1790 g/mol. The molecular weight excluding hydrogens is 1700 g/mol. The van der Waals surface area contributed by atoms with Gasteiger partial charge in [-0.1, -0.05) is 39.5 Å². The summed E-state index contributed by atoms with van der Waals surface area (Å²) in [6.45, 7) is 35.7. The Balaban J connectivity index is 0.000000132. The Labute approximate surface area is 733 Å². The van der Waals surface area contributed by atoms with Crippen molar-refractivity contribution in [2.45, 2.75) is 157 Å². The molecule has 12 aliphatic carbocycles.